The van der Waals surface area contributed by atoms with Crippen LogP contribution in [0.25, 0.3) is 0 Å². The highest BCUT2D eigenvalue weighted by Gasteiger charge is 2.07. The standard InChI is InChI=1S/C12H10ClFN2O3/c13-9-5-7(1-3-10(9)14)15-12-16-8(6-19-12)2-4-11(17)18/h1,3,5-6H,2,4H2,(H,15,16)(H,17,18). The molecule has 2 aromatic rings. The Balaban J connectivity index is 2.02. The zero-order chi connectivity index (χ0) is 13.8. The number of oxazole rings is 1. The van der Waals surface area contributed by atoms with E-state index in [2.05, 4.69) is 10.3 Å². The van der Waals surface area contributed by atoms with E-state index in [1.807, 2.05) is 0 Å². The average Bonchev–Trinajstić information content (AvgIpc) is 2.79. The van der Waals surface area contributed by atoms with Crippen LogP contribution in [0.1, 0.15) is 12.1 Å². The first-order valence-electron chi connectivity index (χ1n) is 5.43. The van der Waals surface area contributed by atoms with Gasteiger partial charge in [-0.2, -0.15) is 4.98 Å². The number of hydrogen-bond acceptors (Lipinski definition) is 4. The van der Waals surface area contributed by atoms with Crippen molar-refractivity contribution in [2.45, 2.75) is 12.8 Å². The molecule has 2 N–H and O–H groups in total. The van der Waals surface area contributed by atoms with Crippen LogP contribution in [-0.2, 0) is 11.2 Å². The Morgan fingerprint density at radius 1 is 1.53 bits per heavy atom. The van der Waals surface area contributed by atoms with Gasteiger partial charge in [0.2, 0.25) is 0 Å². The number of anilines is 2. The summed E-state index contributed by atoms with van der Waals surface area (Å²) in [5, 5.41) is 11.3. The molecule has 7 heteroatoms. The molecule has 0 bridgehead atoms. The number of carbonyl (C=O) groups is 1. The quantitative estimate of drug-likeness (QED) is 0.881. The van der Waals surface area contributed by atoms with Crippen LogP contribution in [0.2, 0.25) is 5.02 Å². The lowest BCUT2D eigenvalue weighted by Gasteiger charge is -2.02. The number of hydrogen-bond donors (Lipinski definition) is 2. The minimum absolute atomic E-state index is 0.0114. The van der Waals surface area contributed by atoms with Crippen molar-refractivity contribution in [3.8, 4) is 0 Å². The lowest BCUT2D eigenvalue weighted by molar-refractivity contribution is -0.136. The second-order valence-corrected chi connectivity index (χ2v) is 4.20. The molecule has 0 radical (unpaired) electrons. The first-order valence-corrected chi connectivity index (χ1v) is 5.80. The molecule has 0 spiro atoms. The molecule has 0 saturated carbocycles. The van der Waals surface area contributed by atoms with Gasteiger partial charge < -0.3 is 14.8 Å². The van der Waals surface area contributed by atoms with Gasteiger partial charge in [-0.05, 0) is 18.2 Å². The number of rotatable bonds is 5. The summed E-state index contributed by atoms with van der Waals surface area (Å²) < 4.78 is 18.1. The second-order valence-electron chi connectivity index (χ2n) is 3.79. The largest absolute Gasteiger partial charge is 0.481 e. The molecule has 100 valence electrons. The van der Waals surface area contributed by atoms with Gasteiger partial charge in [-0.1, -0.05) is 11.6 Å². The maximum absolute atomic E-state index is 13.0. The van der Waals surface area contributed by atoms with Crippen molar-refractivity contribution in [2.75, 3.05) is 5.32 Å². The van der Waals surface area contributed by atoms with Crippen LogP contribution in [0.5, 0.6) is 0 Å². The summed E-state index contributed by atoms with van der Waals surface area (Å²) in [5.41, 5.74) is 1.05. The number of aromatic nitrogens is 1. The van der Waals surface area contributed by atoms with Crippen LogP contribution in [0.15, 0.2) is 28.9 Å². The van der Waals surface area contributed by atoms with Crippen LogP contribution in [0.4, 0.5) is 16.1 Å². The van der Waals surface area contributed by atoms with Crippen molar-refractivity contribution in [1.29, 1.82) is 0 Å². The van der Waals surface area contributed by atoms with E-state index in [1.165, 1.54) is 24.5 Å². The Morgan fingerprint density at radius 2 is 2.32 bits per heavy atom. The highest BCUT2D eigenvalue weighted by Crippen LogP contribution is 2.22. The fraction of sp³-hybridized carbons (Fsp3) is 0.167. The maximum atomic E-state index is 13.0. The fourth-order valence-corrected chi connectivity index (χ4v) is 1.59. The molecule has 0 aliphatic heterocycles. The topological polar surface area (TPSA) is 75.4 Å². The highest BCUT2D eigenvalue weighted by atomic mass is 35.5. The summed E-state index contributed by atoms with van der Waals surface area (Å²) in [6.45, 7) is 0. The van der Waals surface area contributed by atoms with Gasteiger partial charge in [0, 0.05) is 12.1 Å². The molecule has 19 heavy (non-hydrogen) atoms. The van der Waals surface area contributed by atoms with E-state index in [1.54, 1.807) is 0 Å². The predicted molar refractivity (Wildman–Crippen MR) is 67.2 cm³/mol. The number of nitrogens with zero attached hydrogens (tertiary/aromatic N) is 1. The highest BCUT2D eigenvalue weighted by molar-refractivity contribution is 6.31. The molecule has 1 heterocycles. The van der Waals surface area contributed by atoms with Crippen molar-refractivity contribution >= 4 is 29.3 Å². The minimum atomic E-state index is -0.900. The van der Waals surface area contributed by atoms with Gasteiger partial charge in [-0.25, -0.2) is 4.39 Å². The molecule has 5 nitrogen and oxygen atoms in total. The van der Waals surface area contributed by atoms with Crippen LogP contribution < -0.4 is 5.32 Å². The molecule has 1 aromatic heterocycles. The van der Waals surface area contributed by atoms with Gasteiger partial charge in [0.25, 0.3) is 6.01 Å². The zero-order valence-electron chi connectivity index (χ0n) is 9.69. The number of carboxylic acid groups (broad SMARTS) is 1. The first-order chi connectivity index (χ1) is 9.04. The third-order valence-electron chi connectivity index (χ3n) is 2.32. The SMILES string of the molecule is O=C(O)CCc1coc(Nc2ccc(F)c(Cl)c2)n1. The smallest absolute Gasteiger partial charge is 0.303 e. The molecule has 0 fully saturated rings. The number of halogens is 2. The Labute approximate surface area is 113 Å². The monoisotopic (exact) mass is 284 g/mol. The Kier molecular flexibility index (Phi) is 4.01. The molecule has 0 unspecified atom stereocenters. The van der Waals surface area contributed by atoms with Gasteiger partial charge in [-0.3, -0.25) is 4.79 Å². The van der Waals surface area contributed by atoms with Crippen LogP contribution in [0.3, 0.4) is 0 Å². The van der Waals surface area contributed by atoms with Crippen molar-refractivity contribution in [3.63, 3.8) is 0 Å². The maximum Gasteiger partial charge on any atom is 0.303 e. The third kappa shape index (κ3) is 3.69. The Morgan fingerprint density at radius 3 is 3.00 bits per heavy atom. The number of nitrogens with one attached hydrogen (secondary N) is 1. The minimum Gasteiger partial charge on any atom is -0.481 e. The lowest BCUT2D eigenvalue weighted by atomic mass is 10.2. The summed E-state index contributed by atoms with van der Waals surface area (Å²) >= 11 is 5.64. The van der Waals surface area contributed by atoms with Crippen LogP contribution >= 0.6 is 11.6 Å². The van der Waals surface area contributed by atoms with Gasteiger partial charge in [0.15, 0.2) is 0 Å². The number of carboxylic acids is 1. The zero-order valence-corrected chi connectivity index (χ0v) is 10.4. The molecule has 0 aliphatic rings. The van der Waals surface area contributed by atoms with Crippen molar-refractivity contribution in [3.05, 3.63) is 41.0 Å². The van der Waals surface area contributed by atoms with Crippen LogP contribution in [-0.4, -0.2) is 16.1 Å². The molecule has 0 aliphatic carbocycles. The fourth-order valence-electron chi connectivity index (χ4n) is 1.41. The van der Waals surface area contributed by atoms with E-state index < -0.39 is 11.8 Å². The van der Waals surface area contributed by atoms with E-state index in [9.17, 15) is 9.18 Å². The van der Waals surface area contributed by atoms with Crippen molar-refractivity contribution in [2.24, 2.45) is 0 Å². The van der Waals surface area contributed by atoms with E-state index in [0.717, 1.165) is 0 Å². The summed E-state index contributed by atoms with van der Waals surface area (Å²) in [4.78, 5) is 14.5. The molecule has 0 saturated heterocycles. The van der Waals surface area contributed by atoms with Crippen molar-refractivity contribution < 1.29 is 18.7 Å². The second kappa shape index (κ2) is 5.71. The van der Waals surface area contributed by atoms with E-state index in [0.29, 0.717) is 11.4 Å². The molecule has 0 atom stereocenters. The molecular weight excluding hydrogens is 275 g/mol. The van der Waals surface area contributed by atoms with Gasteiger partial charge in [-0.15, -0.1) is 0 Å². The summed E-state index contributed by atoms with van der Waals surface area (Å²) in [6, 6.07) is 4.31. The normalized spacial score (nSPS) is 10.4. The molecule has 2 rings (SSSR count). The van der Waals surface area contributed by atoms with Crippen molar-refractivity contribution in [1.82, 2.24) is 4.98 Å². The molecular formula is C12H10ClFN2O3. The lowest BCUT2D eigenvalue weighted by Crippen LogP contribution is -1.98. The number of benzene rings is 1. The summed E-state index contributed by atoms with van der Waals surface area (Å²) in [7, 11) is 0. The number of aryl methyl sites for hydroxylation is 1. The molecule has 1 aromatic carbocycles. The van der Waals surface area contributed by atoms with E-state index >= 15 is 0 Å². The van der Waals surface area contributed by atoms with E-state index in [4.69, 9.17) is 21.1 Å². The average molecular weight is 285 g/mol. The summed E-state index contributed by atoms with van der Waals surface area (Å²) in [6.07, 6.45) is 1.63. The molecule has 0 amide bonds. The first kappa shape index (κ1) is 13.4. The number of aliphatic carboxylic acids is 1. The van der Waals surface area contributed by atoms with Crippen LogP contribution in [0, 0.1) is 5.82 Å². The van der Waals surface area contributed by atoms with Gasteiger partial charge >= 0.3 is 5.97 Å². The Bertz CT molecular complexity index is 600. The summed E-state index contributed by atoms with van der Waals surface area (Å²) in [5.74, 6) is -1.41. The van der Waals surface area contributed by atoms with E-state index in [-0.39, 0.29) is 23.9 Å². The van der Waals surface area contributed by atoms with Gasteiger partial charge in [0.05, 0.1) is 17.1 Å². The predicted octanol–water partition coefficient (Wildman–Crippen LogP) is 3.23. The Hall–Kier alpha value is -2.08. The third-order valence-corrected chi connectivity index (χ3v) is 2.61. The van der Waals surface area contributed by atoms with Gasteiger partial charge in [0.1, 0.15) is 12.1 Å².